The number of imidazole rings is 1. The van der Waals surface area contributed by atoms with Crippen LogP contribution in [0, 0.1) is 18.8 Å². The van der Waals surface area contributed by atoms with Gasteiger partial charge in [-0.15, -0.1) is 0 Å². The predicted octanol–water partition coefficient (Wildman–Crippen LogP) is 1.62. The average Bonchev–Trinajstić information content (AvgIpc) is 3.18. The van der Waals surface area contributed by atoms with Gasteiger partial charge in [-0.05, 0) is 45.5 Å². The van der Waals surface area contributed by atoms with Gasteiger partial charge in [-0.3, -0.25) is 9.20 Å². The van der Waals surface area contributed by atoms with Crippen molar-refractivity contribution in [3.63, 3.8) is 0 Å². The van der Waals surface area contributed by atoms with Gasteiger partial charge in [-0.25, -0.2) is 9.97 Å². The van der Waals surface area contributed by atoms with E-state index in [1.807, 2.05) is 22.4 Å². The van der Waals surface area contributed by atoms with Crippen LogP contribution in [0.25, 0.3) is 5.52 Å². The number of amides is 1. The van der Waals surface area contributed by atoms with Crippen molar-refractivity contribution >= 4 is 17.2 Å². The van der Waals surface area contributed by atoms with Crippen molar-refractivity contribution in [3.8, 4) is 11.8 Å². The minimum Gasteiger partial charge on any atom is -0.382 e. The highest BCUT2D eigenvalue weighted by molar-refractivity contribution is 5.94. The van der Waals surface area contributed by atoms with Gasteiger partial charge >= 0.3 is 0 Å². The lowest BCUT2D eigenvalue weighted by Crippen LogP contribution is -2.43. The number of anilines is 1. The van der Waals surface area contributed by atoms with E-state index in [2.05, 4.69) is 16.8 Å². The SMILES string of the molecule is CC#CC(=O)N1C2CCC1(c1nc(C)c3c(N)nccn13)CC2. The fourth-order valence-electron chi connectivity index (χ4n) is 4.36. The van der Waals surface area contributed by atoms with E-state index in [-0.39, 0.29) is 17.5 Å². The van der Waals surface area contributed by atoms with E-state index < -0.39 is 0 Å². The number of fused-ring (bicyclic) bond motifs is 3. The van der Waals surface area contributed by atoms with Gasteiger partial charge in [0.2, 0.25) is 0 Å². The monoisotopic (exact) mass is 309 g/mol. The Morgan fingerprint density at radius 2 is 2.17 bits per heavy atom. The van der Waals surface area contributed by atoms with Gasteiger partial charge in [0.1, 0.15) is 22.7 Å². The topological polar surface area (TPSA) is 76.5 Å². The molecule has 0 spiro atoms. The molecule has 0 saturated carbocycles. The van der Waals surface area contributed by atoms with Crippen LogP contribution < -0.4 is 5.73 Å². The Balaban J connectivity index is 1.94. The molecule has 0 unspecified atom stereocenters. The molecule has 23 heavy (non-hydrogen) atoms. The molecular formula is C17H19N5O. The quantitative estimate of drug-likeness (QED) is 0.812. The van der Waals surface area contributed by atoms with Crippen LogP contribution >= 0.6 is 0 Å². The predicted molar refractivity (Wildman–Crippen MR) is 86.4 cm³/mol. The Hall–Kier alpha value is -2.55. The van der Waals surface area contributed by atoms with Crippen LogP contribution in [0.5, 0.6) is 0 Å². The maximum absolute atomic E-state index is 12.6. The van der Waals surface area contributed by atoms with Crippen molar-refractivity contribution in [1.29, 1.82) is 0 Å². The molecule has 4 rings (SSSR count). The lowest BCUT2D eigenvalue weighted by atomic mass is 9.87. The highest BCUT2D eigenvalue weighted by atomic mass is 16.2. The number of aryl methyl sites for hydroxylation is 1. The molecule has 6 nitrogen and oxygen atoms in total. The molecule has 0 aromatic carbocycles. The molecule has 2 N–H and O–H groups in total. The van der Waals surface area contributed by atoms with E-state index in [1.165, 1.54) is 0 Å². The first-order chi connectivity index (χ1) is 11.1. The molecule has 2 fully saturated rings. The Morgan fingerprint density at radius 3 is 2.87 bits per heavy atom. The summed E-state index contributed by atoms with van der Waals surface area (Å²) < 4.78 is 2.00. The van der Waals surface area contributed by atoms with Gasteiger partial charge in [0, 0.05) is 18.4 Å². The van der Waals surface area contributed by atoms with Crippen LogP contribution in [0.1, 0.15) is 44.1 Å². The minimum absolute atomic E-state index is 0.0936. The second-order valence-electron chi connectivity index (χ2n) is 6.36. The number of carbonyl (C=O) groups is 1. The maximum Gasteiger partial charge on any atom is 0.299 e. The zero-order chi connectivity index (χ0) is 16.2. The van der Waals surface area contributed by atoms with Crippen LogP contribution in [0.15, 0.2) is 12.4 Å². The van der Waals surface area contributed by atoms with E-state index in [1.54, 1.807) is 13.1 Å². The van der Waals surface area contributed by atoms with Gasteiger partial charge in [0.25, 0.3) is 5.91 Å². The number of aromatic nitrogens is 3. The van der Waals surface area contributed by atoms with Gasteiger partial charge in [0.15, 0.2) is 0 Å². The molecule has 118 valence electrons. The summed E-state index contributed by atoms with van der Waals surface area (Å²) in [4.78, 5) is 23.5. The standard InChI is InChI=1S/C17H19N5O/c1-3-4-13(23)22-12-5-7-17(22,8-6-12)16-20-11(2)14-15(18)19-9-10-21(14)16/h9-10,12H,5-8H2,1-2H3,(H2,18,19). The zero-order valence-corrected chi connectivity index (χ0v) is 13.3. The Morgan fingerprint density at radius 1 is 1.43 bits per heavy atom. The number of nitrogen functional groups attached to an aromatic ring is 1. The largest absolute Gasteiger partial charge is 0.382 e. The smallest absolute Gasteiger partial charge is 0.299 e. The average molecular weight is 309 g/mol. The molecule has 2 aliphatic rings. The number of carbonyl (C=O) groups excluding carboxylic acids is 1. The summed E-state index contributed by atoms with van der Waals surface area (Å²) in [6.45, 7) is 3.64. The molecule has 2 aromatic rings. The molecule has 4 heterocycles. The number of rotatable bonds is 1. The van der Waals surface area contributed by atoms with E-state index in [4.69, 9.17) is 10.7 Å². The number of nitrogens with zero attached hydrogens (tertiary/aromatic N) is 4. The lowest BCUT2D eigenvalue weighted by molar-refractivity contribution is -0.129. The fraction of sp³-hybridized carbons (Fsp3) is 0.471. The minimum atomic E-state index is -0.365. The molecule has 0 radical (unpaired) electrons. The summed E-state index contributed by atoms with van der Waals surface area (Å²) in [6, 6.07) is 0.273. The number of hydrogen-bond donors (Lipinski definition) is 1. The Bertz CT molecular complexity index is 864. The molecule has 2 saturated heterocycles. The Labute approximate surface area is 134 Å². The van der Waals surface area contributed by atoms with Gasteiger partial charge < -0.3 is 10.6 Å². The molecule has 2 bridgehead atoms. The highest BCUT2D eigenvalue weighted by Crippen LogP contribution is 2.52. The van der Waals surface area contributed by atoms with Crippen LogP contribution in [0.3, 0.4) is 0 Å². The molecular weight excluding hydrogens is 290 g/mol. The molecule has 1 amide bonds. The summed E-state index contributed by atoms with van der Waals surface area (Å²) in [5.41, 5.74) is 7.35. The summed E-state index contributed by atoms with van der Waals surface area (Å²) in [6.07, 6.45) is 7.43. The van der Waals surface area contributed by atoms with Crippen molar-refractivity contribution < 1.29 is 4.79 Å². The number of hydrogen-bond acceptors (Lipinski definition) is 4. The van der Waals surface area contributed by atoms with E-state index in [0.29, 0.717) is 5.82 Å². The van der Waals surface area contributed by atoms with Gasteiger partial charge in [-0.1, -0.05) is 5.92 Å². The summed E-state index contributed by atoms with van der Waals surface area (Å²) >= 11 is 0. The second kappa shape index (κ2) is 4.72. The van der Waals surface area contributed by atoms with Crippen molar-refractivity contribution in [3.05, 3.63) is 23.9 Å². The van der Waals surface area contributed by atoms with Crippen LogP contribution in [-0.2, 0) is 10.3 Å². The highest BCUT2D eigenvalue weighted by Gasteiger charge is 2.56. The summed E-state index contributed by atoms with van der Waals surface area (Å²) in [7, 11) is 0. The van der Waals surface area contributed by atoms with Gasteiger partial charge in [-0.2, -0.15) is 0 Å². The van der Waals surface area contributed by atoms with Crippen molar-refractivity contribution in [1.82, 2.24) is 19.3 Å². The molecule has 0 aliphatic carbocycles. The van der Waals surface area contributed by atoms with Gasteiger partial charge in [0.05, 0.1) is 5.69 Å². The molecule has 6 heteroatoms. The normalized spacial score (nSPS) is 25.7. The summed E-state index contributed by atoms with van der Waals surface area (Å²) in [5.74, 6) is 6.72. The fourth-order valence-corrected chi connectivity index (χ4v) is 4.36. The van der Waals surface area contributed by atoms with E-state index >= 15 is 0 Å². The third-order valence-corrected chi connectivity index (χ3v) is 5.23. The third kappa shape index (κ3) is 1.73. The van der Waals surface area contributed by atoms with Crippen molar-refractivity contribution in [2.24, 2.45) is 0 Å². The lowest BCUT2D eigenvalue weighted by Gasteiger charge is -2.32. The third-order valence-electron chi connectivity index (χ3n) is 5.23. The maximum atomic E-state index is 12.6. The first-order valence-electron chi connectivity index (χ1n) is 7.94. The molecule has 2 aliphatic heterocycles. The van der Waals surface area contributed by atoms with Crippen molar-refractivity contribution in [2.75, 3.05) is 5.73 Å². The first-order valence-corrected chi connectivity index (χ1v) is 7.94. The van der Waals surface area contributed by atoms with E-state index in [9.17, 15) is 4.79 Å². The van der Waals surface area contributed by atoms with Crippen LogP contribution in [-0.4, -0.2) is 31.2 Å². The first kappa shape index (κ1) is 14.1. The Kier molecular flexibility index (Phi) is 2.89. The van der Waals surface area contributed by atoms with Crippen molar-refractivity contribution in [2.45, 2.75) is 51.1 Å². The zero-order valence-electron chi connectivity index (χ0n) is 13.3. The number of nitrogens with two attached hydrogens (primary N) is 1. The summed E-state index contributed by atoms with van der Waals surface area (Å²) in [5, 5.41) is 0. The molecule has 0 atom stereocenters. The van der Waals surface area contributed by atoms with E-state index in [0.717, 1.165) is 42.7 Å². The molecule has 2 aromatic heterocycles. The van der Waals surface area contributed by atoms with Crippen LogP contribution in [0.4, 0.5) is 5.82 Å². The second-order valence-corrected chi connectivity index (χ2v) is 6.36. The van der Waals surface area contributed by atoms with Crippen LogP contribution in [0.2, 0.25) is 0 Å².